The van der Waals surface area contributed by atoms with Gasteiger partial charge in [0, 0.05) is 17.2 Å². The number of nitro groups is 1. The van der Waals surface area contributed by atoms with Gasteiger partial charge >= 0.3 is 5.97 Å². The van der Waals surface area contributed by atoms with E-state index in [0.717, 1.165) is 0 Å². The maximum absolute atomic E-state index is 11.4. The van der Waals surface area contributed by atoms with Crippen molar-refractivity contribution in [2.75, 3.05) is 13.7 Å². The smallest absolute Gasteiger partial charge is 0.333 e. The standard InChI is InChI=1S/C15H19NO5/c1-5-12(15(17)20-4)6-7-21-14-9-10(2)13(16(18)19)8-11(14)3/h6,8-9H,5,7H2,1-4H3. The van der Waals surface area contributed by atoms with E-state index < -0.39 is 4.92 Å². The van der Waals surface area contributed by atoms with Crippen molar-refractivity contribution in [2.45, 2.75) is 27.2 Å². The van der Waals surface area contributed by atoms with E-state index in [1.807, 2.05) is 6.92 Å². The number of hydrogen-bond donors (Lipinski definition) is 0. The van der Waals surface area contributed by atoms with Crippen LogP contribution in [-0.4, -0.2) is 24.6 Å². The molecule has 0 saturated carbocycles. The van der Waals surface area contributed by atoms with Gasteiger partial charge in [0.05, 0.1) is 12.0 Å². The second-order valence-electron chi connectivity index (χ2n) is 4.55. The van der Waals surface area contributed by atoms with Gasteiger partial charge in [0.2, 0.25) is 0 Å². The van der Waals surface area contributed by atoms with E-state index in [9.17, 15) is 14.9 Å². The summed E-state index contributed by atoms with van der Waals surface area (Å²) in [6.45, 7) is 5.46. The van der Waals surface area contributed by atoms with E-state index in [1.54, 1.807) is 26.0 Å². The van der Waals surface area contributed by atoms with Crippen molar-refractivity contribution in [2.24, 2.45) is 0 Å². The van der Waals surface area contributed by atoms with Crippen LogP contribution in [0.15, 0.2) is 23.8 Å². The molecular formula is C15H19NO5. The predicted octanol–water partition coefficient (Wildman–Crippen LogP) is 3.10. The molecule has 0 unspecified atom stereocenters. The molecule has 0 aliphatic carbocycles. The van der Waals surface area contributed by atoms with Gasteiger partial charge in [0.25, 0.3) is 5.69 Å². The van der Waals surface area contributed by atoms with Gasteiger partial charge in [-0.05, 0) is 38.0 Å². The van der Waals surface area contributed by atoms with Crippen LogP contribution in [0.2, 0.25) is 0 Å². The lowest BCUT2D eigenvalue weighted by molar-refractivity contribution is -0.385. The van der Waals surface area contributed by atoms with E-state index in [1.165, 1.54) is 13.2 Å². The highest BCUT2D eigenvalue weighted by molar-refractivity contribution is 5.88. The molecule has 0 aromatic heterocycles. The summed E-state index contributed by atoms with van der Waals surface area (Å²) in [6, 6.07) is 3.11. The summed E-state index contributed by atoms with van der Waals surface area (Å²) >= 11 is 0. The molecule has 1 aromatic carbocycles. The Hall–Kier alpha value is -2.37. The van der Waals surface area contributed by atoms with E-state index in [-0.39, 0.29) is 18.3 Å². The number of hydrogen-bond acceptors (Lipinski definition) is 5. The van der Waals surface area contributed by atoms with Crippen molar-refractivity contribution >= 4 is 11.7 Å². The van der Waals surface area contributed by atoms with Crippen LogP contribution in [-0.2, 0) is 9.53 Å². The van der Waals surface area contributed by atoms with Crippen LogP contribution in [0.3, 0.4) is 0 Å². The molecule has 0 atom stereocenters. The summed E-state index contributed by atoms with van der Waals surface area (Å²) in [5.74, 6) is 0.187. The average molecular weight is 293 g/mol. The van der Waals surface area contributed by atoms with Crippen LogP contribution in [0.1, 0.15) is 24.5 Å². The molecule has 0 saturated heterocycles. The van der Waals surface area contributed by atoms with Gasteiger partial charge in [0.15, 0.2) is 0 Å². The summed E-state index contributed by atoms with van der Waals surface area (Å²) in [4.78, 5) is 21.8. The van der Waals surface area contributed by atoms with Gasteiger partial charge in [-0.1, -0.05) is 6.92 Å². The lowest BCUT2D eigenvalue weighted by Crippen LogP contribution is -2.06. The fourth-order valence-corrected chi connectivity index (χ4v) is 1.86. The minimum atomic E-state index is -0.418. The molecule has 6 heteroatoms. The lowest BCUT2D eigenvalue weighted by Gasteiger charge is -2.09. The first-order valence-electron chi connectivity index (χ1n) is 6.56. The highest BCUT2D eigenvalue weighted by atomic mass is 16.6. The van der Waals surface area contributed by atoms with Crippen molar-refractivity contribution in [1.29, 1.82) is 0 Å². The topological polar surface area (TPSA) is 78.7 Å². The van der Waals surface area contributed by atoms with Crippen molar-refractivity contribution < 1.29 is 19.2 Å². The summed E-state index contributed by atoms with van der Waals surface area (Å²) in [5, 5.41) is 10.8. The van der Waals surface area contributed by atoms with Crippen LogP contribution in [0, 0.1) is 24.0 Å². The Morgan fingerprint density at radius 3 is 2.52 bits per heavy atom. The molecule has 1 rings (SSSR count). The third-order valence-electron chi connectivity index (χ3n) is 3.09. The van der Waals surface area contributed by atoms with Crippen molar-refractivity contribution in [1.82, 2.24) is 0 Å². The first kappa shape index (κ1) is 16.7. The molecule has 1 aromatic rings. The first-order chi connectivity index (χ1) is 9.90. The highest BCUT2D eigenvalue weighted by Gasteiger charge is 2.14. The summed E-state index contributed by atoms with van der Waals surface area (Å²) in [6.07, 6.45) is 2.20. The molecule has 0 bridgehead atoms. The number of nitro benzene ring substituents is 1. The molecule has 0 heterocycles. The monoisotopic (exact) mass is 293 g/mol. The maximum atomic E-state index is 11.4. The van der Waals surface area contributed by atoms with E-state index in [0.29, 0.717) is 28.9 Å². The second kappa shape index (κ2) is 7.42. The Kier molecular flexibility index (Phi) is 5.90. The quantitative estimate of drug-likeness (QED) is 0.348. The van der Waals surface area contributed by atoms with Gasteiger partial charge in [-0.2, -0.15) is 0 Å². The van der Waals surface area contributed by atoms with Crippen LogP contribution in [0.25, 0.3) is 0 Å². The predicted molar refractivity (Wildman–Crippen MR) is 78.5 cm³/mol. The third kappa shape index (κ3) is 4.30. The Labute approximate surface area is 123 Å². The van der Waals surface area contributed by atoms with Crippen LogP contribution >= 0.6 is 0 Å². The largest absolute Gasteiger partial charge is 0.489 e. The van der Waals surface area contributed by atoms with E-state index >= 15 is 0 Å². The molecule has 0 N–H and O–H groups in total. The molecule has 0 amide bonds. The molecular weight excluding hydrogens is 274 g/mol. The number of carbonyl (C=O) groups is 1. The number of esters is 1. The highest BCUT2D eigenvalue weighted by Crippen LogP contribution is 2.27. The van der Waals surface area contributed by atoms with Gasteiger partial charge in [-0.3, -0.25) is 10.1 Å². The second-order valence-corrected chi connectivity index (χ2v) is 4.55. The number of rotatable bonds is 6. The van der Waals surface area contributed by atoms with Crippen molar-refractivity contribution in [3.63, 3.8) is 0 Å². The summed E-state index contributed by atoms with van der Waals surface area (Å²) < 4.78 is 10.2. The lowest BCUT2D eigenvalue weighted by atomic mass is 10.1. The van der Waals surface area contributed by atoms with E-state index in [2.05, 4.69) is 4.74 Å². The van der Waals surface area contributed by atoms with Crippen LogP contribution in [0.5, 0.6) is 5.75 Å². The van der Waals surface area contributed by atoms with Gasteiger partial charge in [-0.25, -0.2) is 4.79 Å². The Bertz CT molecular complexity index is 578. The fourth-order valence-electron chi connectivity index (χ4n) is 1.86. The minimum absolute atomic E-state index is 0.0687. The molecule has 0 fully saturated rings. The van der Waals surface area contributed by atoms with Gasteiger partial charge < -0.3 is 9.47 Å². The summed E-state index contributed by atoms with van der Waals surface area (Å²) in [7, 11) is 1.33. The molecule has 0 aliphatic rings. The number of benzene rings is 1. The summed E-state index contributed by atoms with van der Waals surface area (Å²) in [5.41, 5.74) is 1.82. The zero-order chi connectivity index (χ0) is 16.0. The van der Waals surface area contributed by atoms with Crippen molar-refractivity contribution in [3.8, 4) is 5.75 Å². The maximum Gasteiger partial charge on any atom is 0.333 e. The minimum Gasteiger partial charge on any atom is -0.489 e. The van der Waals surface area contributed by atoms with E-state index in [4.69, 9.17) is 4.74 Å². The fraction of sp³-hybridized carbons (Fsp3) is 0.400. The zero-order valence-corrected chi connectivity index (χ0v) is 12.6. The average Bonchev–Trinajstić information content (AvgIpc) is 2.45. The normalized spacial score (nSPS) is 11.1. The first-order valence-corrected chi connectivity index (χ1v) is 6.56. The van der Waals surface area contributed by atoms with Gasteiger partial charge in [0.1, 0.15) is 12.4 Å². The molecule has 6 nitrogen and oxygen atoms in total. The Morgan fingerprint density at radius 2 is 2.00 bits per heavy atom. The number of ether oxygens (including phenoxy) is 2. The van der Waals surface area contributed by atoms with Crippen LogP contribution < -0.4 is 4.74 Å². The Balaban J connectivity index is 2.85. The number of methoxy groups -OCH3 is 1. The molecule has 0 spiro atoms. The number of aryl methyl sites for hydroxylation is 2. The Morgan fingerprint density at radius 1 is 1.33 bits per heavy atom. The molecule has 114 valence electrons. The van der Waals surface area contributed by atoms with Gasteiger partial charge in [-0.15, -0.1) is 0 Å². The number of carbonyl (C=O) groups excluding carboxylic acids is 1. The van der Waals surface area contributed by atoms with Crippen molar-refractivity contribution in [3.05, 3.63) is 45.0 Å². The van der Waals surface area contributed by atoms with Crippen LogP contribution in [0.4, 0.5) is 5.69 Å². The third-order valence-corrected chi connectivity index (χ3v) is 3.09. The molecule has 21 heavy (non-hydrogen) atoms. The zero-order valence-electron chi connectivity index (χ0n) is 12.6. The number of nitrogens with zero attached hydrogens (tertiary/aromatic N) is 1. The molecule has 0 aliphatic heterocycles. The SMILES string of the molecule is CCC(=CCOc1cc(C)c([N+](=O)[O-])cc1C)C(=O)OC. The molecule has 0 radical (unpaired) electrons.